The summed E-state index contributed by atoms with van der Waals surface area (Å²) in [7, 11) is 0.203. The molecule has 0 aliphatic heterocycles. The molecule has 0 saturated heterocycles. The molecule has 1 aromatic carbocycles. The Morgan fingerprint density at radius 3 is 2.59 bits per heavy atom. The Balaban J connectivity index is 2.04. The zero-order valence-corrected chi connectivity index (χ0v) is 14.1. The highest BCUT2D eigenvalue weighted by Gasteiger charge is 2.19. The number of likely N-dealkylation sites (N-methyl/N-ethyl adjacent to an activating group) is 1. The van der Waals surface area contributed by atoms with Crippen molar-refractivity contribution in [2.75, 3.05) is 20.6 Å². The SMILES string of the molecule is CN(C)C(CNS(=O)(=O)Cc1ccccc1F)c1ccsc1. The maximum Gasteiger partial charge on any atom is 0.215 e. The van der Waals surface area contributed by atoms with Gasteiger partial charge in [0, 0.05) is 18.2 Å². The molecule has 22 heavy (non-hydrogen) atoms. The van der Waals surface area contributed by atoms with Gasteiger partial charge in [0.25, 0.3) is 0 Å². The molecular weight excluding hydrogens is 323 g/mol. The van der Waals surface area contributed by atoms with E-state index >= 15 is 0 Å². The van der Waals surface area contributed by atoms with Crippen LogP contribution in [0.3, 0.4) is 0 Å². The van der Waals surface area contributed by atoms with Crippen molar-refractivity contribution in [2.24, 2.45) is 0 Å². The van der Waals surface area contributed by atoms with Crippen molar-refractivity contribution in [1.29, 1.82) is 0 Å². The number of nitrogens with one attached hydrogen (secondary N) is 1. The quantitative estimate of drug-likeness (QED) is 0.841. The second-order valence-corrected chi connectivity index (χ2v) is 7.82. The first-order valence-corrected chi connectivity index (χ1v) is 9.38. The Labute approximate surface area is 134 Å². The molecule has 2 aromatic rings. The lowest BCUT2D eigenvalue weighted by molar-refractivity contribution is 0.300. The molecule has 0 fully saturated rings. The molecule has 2 rings (SSSR count). The number of thiophene rings is 1. The van der Waals surface area contributed by atoms with Crippen LogP contribution in [0.1, 0.15) is 17.2 Å². The third-order valence-electron chi connectivity index (χ3n) is 3.35. The first-order valence-electron chi connectivity index (χ1n) is 6.78. The van der Waals surface area contributed by atoms with E-state index in [4.69, 9.17) is 0 Å². The van der Waals surface area contributed by atoms with E-state index in [9.17, 15) is 12.8 Å². The van der Waals surface area contributed by atoms with Gasteiger partial charge in [0.2, 0.25) is 10.0 Å². The summed E-state index contributed by atoms with van der Waals surface area (Å²) in [5.41, 5.74) is 1.23. The topological polar surface area (TPSA) is 49.4 Å². The molecule has 4 nitrogen and oxygen atoms in total. The minimum atomic E-state index is -3.59. The number of halogens is 1. The van der Waals surface area contributed by atoms with Crippen molar-refractivity contribution in [1.82, 2.24) is 9.62 Å². The van der Waals surface area contributed by atoms with Gasteiger partial charge in [-0.05, 0) is 42.6 Å². The summed E-state index contributed by atoms with van der Waals surface area (Å²) < 4.78 is 40.5. The Morgan fingerprint density at radius 2 is 2.00 bits per heavy atom. The maximum atomic E-state index is 13.6. The number of benzene rings is 1. The summed E-state index contributed by atoms with van der Waals surface area (Å²) >= 11 is 1.57. The van der Waals surface area contributed by atoms with Gasteiger partial charge in [-0.2, -0.15) is 11.3 Å². The molecule has 0 bridgehead atoms. The van der Waals surface area contributed by atoms with Crippen LogP contribution in [0.4, 0.5) is 4.39 Å². The largest absolute Gasteiger partial charge is 0.301 e. The van der Waals surface area contributed by atoms with Gasteiger partial charge in [-0.25, -0.2) is 17.5 Å². The molecule has 1 heterocycles. The first kappa shape index (κ1) is 17.1. The van der Waals surface area contributed by atoms with Crippen LogP contribution in [0.15, 0.2) is 41.1 Å². The fraction of sp³-hybridized carbons (Fsp3) is 0.333. The number of rotatable bonds is 7. The molecule has 1 unspecified atom stereocenters. The molecule has 1 aromatic heterocycles. The Kier molecular flexibility index (Phi) is 5.69. The molecule has 1 N–H and O–H groups in total. The highest BCUT2D eigenvalue weighted by Crippen LogP contribution is 2.20. The minimum absolute atomic E-state index is 0.0540. The summed E-state index contributed by atoms with van der Waals surface area (Å²) in [5, 5.41) is 3.95. The third kappa shape index (κ3) is 4.61. The number of nitrogens with zero attached hydrogens (tertiary/aromatic N) is 1. The average molecular weight is 342 g/mol. The van der Waals surface area contributed by atoms with E-state index in [1.54, 1.807) is 17.4 Å². The highest BCUT2D eigenvalue weighted by molar-refractivity contribution is 7.88. The normalized spacial score (nSPS) is 13.5. The Bertz CT molecular complexity index is 700. The van der Waals surface area contributed by atoms with Gasteiger partial charge in [-0.15, -0.1) is 0 Å². The van der Waals surface area contributed by atoms with E-state index in [1.807, 2.05) is 35.8 Å². The third-order valence-corrected chi connectivity index (χ3v) is 5.35. The van der Waals surface area contributed by atoms with Gasteiger partial charge >= 0.3 is 0 Å². The van der Waals surface area contributed by atoms with Crippen LogP contribution in [-0.2, 0) is 15.8 Å². The lowest BCUT2D eigenvalue weighted by Gasteiger charge is -2.24. The predicted molar refractivity (Wildman–Crippen MR) is 87.8 cm³/mol. The molecule has 0 amide bonds. The van der Waals surface area contributed by atoms with E-state index in [-0.39, 0.29) is 23.9 Å². The summed E-state index contributed by atoms with van der Waals surface area (Å²) in [6, 6.07) is 7.83. The molecule has 1 atom stereocenters. The molecule has 0 saturated carbocycles. The Morgan fingerprint density at radius 1 is 1.27 bits per heavy atom. The summed E-state index contributed by atoms with van der Waals surface area (Å²) in [6.07, 6.45) is 0. The van der Waals surface area contributed by atoms with Crippen molar-refractivity contribution < 1.29 is 12.8 Å². The van der Waals surface area contributed by atoms with Gasteiger partial charge in [0.15, 0.2) is 0 Å². The van der Waals surface area contributed by atoms with Crippen LogP contribution in [0.5, 0.6) is 0 Å². The van der Waals surface area contributed by atoms with E-state index in [0.29, 0.717) is 0 Å². The molecule has 120 valence electrons. The van der Waals surface area contributed by atoms with Gasteiger partial charge in [0.1, 0.15) is 5.82 Å². The fourth-order valence-corrected chi connectivity index (χ4v) is 4.00. The second-order valence-electron chi connectivity index (χ2n) is 5.24. The van der Waals surface area contributed by atoms with Crippen molar-refractivity contribution in [2.45, 2.75) is 11.8 Å². The van der Waals surface area contributed by atoms with Crippen molar-refractivity contribution in [3.63, 3.8) is 0 Å². The van der Waals surface area contributed by atoms with Crippen LogP contribution in [-0.4, -0.2) is 34.0 Å². The van der Waals surface area contributed by atoms with Gasteiger partial charge in [0.05, 0.1) is 5.75 Å². The number of hydrogen-bond acceptors (Lipinski definition) is 4. The molecule has 0 radical (unpaired) electrons. The molecule has 0 aliphatic rings. The standard InChI is InChI=1S/C15H19FN2O2S2/c1-18(2)15(12-7-8-21-10-12)9-17-22(19,20)11-13-5-3-4-6-14(13)16/h3-8,10,15,17H,9,11H2,1-2H3. The van der Waals surface area contributed by atoms with Crippen LogP contribution >= 0.6 is 11.3 Å². The van der Waals surface area contributed by atoms with Crippen LogP contribution in [0.25, 0.3) is 0 Å². The van der Waals surface area contributed by atoms with Crippen molar-refractivity contribution in [3.8, 4) is 0 Å². The number of hydrogen-bond donors (Lipinski definition) is 1. The number of sulfonamides is 1. The average Bonchev–Trinajstić information content (AvgIpc) is 2.95. The van der Waals surface area contributed by atoms with Gasteiger partial charge in [-0.1, -0.05) is 18.2 Å². The van der Waals surface area contributed by atoms with Gasteiger partial charge in [-0.3, -0.25) is 0 Å². The van der Waals surface area contributed by atoms with E-state index in [0.717, 1.165) is 5.56 Å². The van der Waals surface area contributed by atoms with Gasteiger partial charge < -0.3 is 4.90 Å². The van der Waals surface area contributed by atoms with Crippen LogP contribution < -0.4 is 4.72 Å². The van der Waals surface area contributed by atoms with E-state index in [1.165, 1.54) is 18.2 Å². The molecular formula is C15H19FN2O2S2. The minimum Gasteiger partial charge on any atom is -0.301 e. The maximum absolute atomic E-state index is 13.6. The lowest BCUT2D eigenvalue weighted by atomic mass is 10.1. The van der Waals surface area contributed by atoms with Crippen LogP contribution in [0.2, 0.25) is 0 Å². The van der Waals surface area contributed by atoms with Crippen LogP contribution in [0, 0.1) is 5.82 Å². The smallest absolute Gasteiger partial charge is 0.215 e. The highest BCUT2D eigenvalue weighted by atomic mass is 32.2. The summed E-state index contributed by atoms with van der Waals surface area (Å²) in [4.78, 5) is 1.95. The fourth-order valence-electron chi connectivity index (χ4n) is 2.14. The summed E-state index contributed by atoms with van der Waals surface area (Å²) in [5.74, 6) is -0.862. The Hall–Kier alpha value is -1.28. The predicted octanol–water partition coefficient (Wildman–Crippen LogP) is 2.61. The molecule has 0 aliphatic carbocycles. The second kappa shape index (κ2) is 7.32. The van der Waals surface area contributed by atoms with Crippen molar-refractivity contribution >= 4 is 21.4 Å². The van der Waals surface area contributed by atoms with Crippen molar-refractivity contribution in [3.05, 3.63) is 58.0 Å². The van der Waals surface area contributed by atoms with E-state index < -0.39 is 15.8 Å². The molecule has 7 heteroatoms. The monoisotopic (exact) mass is 342 g/mol. The first-order chi connectivity index (χ1) is 10.4. The zero-order chi connectivity index (χ0) is 16.2. The lowest BCUT2D eigenvalue weighted by Crippen LogP contribution is -2.35. The zero-order valence-electron chi connectivity index (χ0n) is 12.5. The molecule has 0 spiro atoms. The van der Waals surface area contributed by atoms with E-state index in [2.05, 4.69) is 4.72 Å². The summed E-state index contributed by atoms with van der Waals surface area (Å²) in [6.45, 7) is 0.251.